The molecule has 12 heavy (non-hydrogen) atoms. The summed E-state index contributed by atoms with van der Waals surface area (Å²) < 4.78 is 9.77. The number of rotatable bonds is 3. The van der Waals surface area contributed by atoms with E-state index < -0.39 is 0 Å². The van der Waals surface area contributed by atoms with Crippen LogP contribution in [0.1, 0.15) is 17.9 Å². The van der Waals surface area contributed by atoms with E-state index >= 15 is 0 Å². The fraction of sp³-hybridized carbons (Fsp3) is 0.444. The maximum Gasteiger partial charge on any atom is 0.305 e. The molecule has 0 aliphatic carbocycles. The Morgan fingerprint density at radius 3 is 2.83 bits per heavy atom. The number of hydrogen-bond donors (Lipinski definition) is 0. The molecule has 0 spiro atoms. The Bertz CT molecular complexity index is 262. The highest BCUT2D eigenvalue weighted by Crippen LogP contribution is 2.08. The molecule has 0 aliphatic heterocycles. The summed E-state index contributed by atoms with van der Waals surface area (Å²) >= 11 is 0. The summed E-state index contributed by atoms with van der Waals surface area (Å²) in [6.07, 6.45) is 0.990. The van der Waals surface area contributed by atoms with Crippen LogP contribution in [-0.4, -0.2) is 13.1 Å². The molecule has 0 N–H and O–H groups in total. The Kier molecular flexibility index (Phi) is 2.91. The van der Waals surface area contributed by atoms with E-state index in [0.29, 0.717) is 12.8 Å². The fourth-order valence-electron chi connectivity index (χ4n) is 0.947. The van der Waals surface area contributed by atoms with Gasteiger partial charge in [0.05, 0.1) is 13.5 Å². The van der Waals surface area contributed by atoms with Gasteiger partial charge in [-0.15, -0.1) is 0 Å². The van der Waals surface area contributed by atoms with Crippen molar-refractivity contribution >= 4 is 5.97 Å². The molecule has 1 aromatic rings. The Morgan fingerprint density at radius 1 is 1.58 bits per heavy atom. The number of methoxy groups -OCH3 is 1. The topological polar surface area (TPSA) is 39.4 Å². The van der Waals surface area contributed by atoms with Crippen LogP contribution >= 0.6 is 0 Å². The van der Waals surface area contributed by atoms with Crippen molar-refractivity contribution in [2.75, 3.05) is 7.11 Å². The van der Waals surface area contributed by atoms with Gasteiger partial charge in [-0.25, -0.2) is 0 Å². The van der Waals surface area contributed by atoms with Crippen molar-refractivity contribution in [3.8, 4) is 0 Å². The van der Waals surface area contributed by atoms with Gasteiger partial charge in [-0.05, 0) is 19.1 Å². The van der Waals surface area contributed by atoms with E-state index in [0.717, 1.165) is 11.5 Å². The molecular weight excluding hydrogens is 156 g/mol. The van der Waals surface area contributed by atoms with E-state index in [1.54, 1.807) is 0 Å². The van der Waals surface area contributed by atoms with Gasteiger partial charge < -0.3 is 9.15 Å². The van der Waals surface area contributed by atoms with Gasteiger partial charge in [-0.3, -0.25) is 4.79 Å². The molecule has 0 radical (unpaired) electrons. The molecule has 0 amide bonds. The highest BCUT2D eigenvalue weighted by Gasteiger charge is 2.03. The second kappa shape index (κ2) is 3.95. The van der Waals surface area contributed by atoms with Gasteiger partial charge >= 0.3 is 5.97 Å². The number of aryl methyl sites for hydroxylation is 2. The molecule has 0 fully saturated rings. The second-order valence-electron chi connectivity index (χ2n) is 2.59. The van der Waals surface area contributed by atoms with Crippen molar-refractivity contribution in [3.05, 3.63) is 23.7 Å². The molecule has 0 saturated carbocycles. The molecule has 0 aliphatic rings. The lowest BCUT2D eigenvalue weighted by molar-refractivity contribution is -0.140. The van der Waals surface area contributed by atoms with Crippen molar-refractivity contribution in [1.82, 2.24) is 0 Å². The fourth-order valence-corrected chi connectivity index (χ4v) is 0.947. The van der Waals surface area contributed by atoms with Crippen LogP contribution in [0.5, 0.6) is 0 Å². The summed E-state index contributed by atoms with van der Waals surface area (Å²) in [6, 6.07) is 3.75. The molecule has 0 atom stereocenters. The zero-order valence-electron chi connectivity index (χ0n) is 7.29. The van der Waals surface area contributed by atoms with Crippen molar-refractivity contribution in [1.29, 1.82) is 0 Å². The van der Waals surface area contributed by atoms with Crippen LogP contribution in [0.25, 0.3) is 0 Å². The first-order chi connectivity index (χ1) is 5.72. The lowest BCUT2D eigenvalue weighted by Crippen LogP contribution is -2.01. The summed E-state index contributed by atoms with van der Waals surface area (Å²) in [6.45, 7) is 1.88. The minimum Gasteiger partial charge on any atom is -0.469 e. The molecule has 66 valence electrons. The maximum absolute atomic E-state index is 10.7. The van der Waals surface area contributed by atoms with Gasteiger partial charge in [0.2, 0.25) is 0 Å². The third-order valence-corrected chi connectivity index (χ3v) is 1.60. The predicted octanol–water partition coefficient (Wildman–Crippen LogP) is 1.69. The zero-order chi connectivity index (χ0) is 8.97. The van der Waals surface area contributed by atoms with Gasteiger partial charge in [-0.1, -0.05) is 0 Å². The van der Waals surface area contributed by atoms with Crippen molar-refractivity contribution in [2.45, 2.75) is 19.8 Å². The number of ether oxygens (including phenoxy) is 1. The third kappa shape index (κ3) is 2.42. The third-order valence-electron chi connectivity index (χ3n) is 1.60. The molecular formula is C9H12O3. The normalized spacial score (nSPS) is 9.83. The van der Waals surface area contributed by atoms with Crippen molar-refractivity contribution in [2.24, 2.45) is 0 Å². The molecule has 1 heterocycles. The minimum atomic E-state index is -0.205. The standard InChI is InChI=1S/C9H12O3/c1-7-3-4-8(12-7)5-6-9(10)11-2/h3-4H,5-6H2,1-2H3. The van der Waals surface area contributed by atoms with Crippen LogP contribution in [0.15, 0.2) is 16.5 Å². The molecule has 1 rings (SSSR count). The summed E-state index contributed by atoms with van der Waals surface area (Å²) in [4.78, 5) is 10.7. The average molecular weight is 168 g/mol. The van der Waals surface area contributed by atoms with Gasteiger partial charge in [0.1, 0.15) is 11.5 Å². The molecule has 0 saturated heterocycles. The smallest absolute Gasteiger partial charge is 0.305 e. The molecule has 3 heteroatoms. The molecule has 3 nitrogen and oxygen atoms in total. The number of furan rings is 1. The van der Waals surface area contributed by atoms with Crippen molar-refractivity contribution < 1.29 is 13.9 Å². The number of carbonyl (C=O) groups excluding carboxylic acids is 1. The van der Waals surface area contributed by atoms with Gasteiger partial charge in [0.15, 0.2) is 0 Å². The zero-order valence-corrected chi connectivity index (χ0v) is 7.29. The van der Waals surface area contributed by atoms with Crippen LogP contribution in [0.3, 0.4) is 0 Å². The molecule has 0 aromatic carbocycles. The van der Waals surface area contributed by atoms with Gasteiger partial charge in [0.25, 0.3) is 0 Å². The van der Waals surface area contributed by atoms with Crippen LogP contribution in [0.2, 0.25) is 0 Å². The van der Waals surface area contributed by atoms with Crippen LogP contribution in [-0.2, 0) is 16.0 Å². The summed E-state index contributed by atoms with van der Waals surface area (Å²) in [5.41, 5.74) is 0. The molecule has 0 unspecified atom stereocenters. The number of hydrogen-bond acceptors (Lipinski definition) is 3. The summed E-state index contributed by atoms with van der Waals surface area (Å²) in [5.74, 6) is 1.50. The first-order valence-corrected chi connectivity index (χ1v) is 3.84. The summed E-state index contributed by atoms with van der Waals surface area (Å²) in [5, 5.41) is 0. The Balaban J connectivity index is 2.38. The predicted molar refractivity (Wildman–Crippen MR) is 43.8 cm³/mol. The summed E-state index contributed by atoms with van der Waals surface area (Å²) in [7, 11) is 1.38. The molecule has 0 bridgehead atoms. The Hall–Kier alpha value is -1.25. The van der Waals surface area contributed by atoms with Crippen molar-refractivity contribution in [3.63, 3.8) is 0 Å². The quantitative estimate of drug-likeness (QED) is 0.645. The number of carbonyl (C=O) groups is 1. The SMILES string of the molecule is COC(=O)CCc1ccc(C)o1. The van der Waals surface area contributed by atoms with Crippen LogP contribution in [0.4, 0.5) is 0 Å². The lowest BCUT2D eigenvalue weighted by atomic mass is 10.2. The van der Waals surface area contributed by atoms with E-state index in [2.05, 4.69) is 4.74 Å². The highest BCUT2D eigenvalue weighted by molar-refractivity contribution is 5.69. The second-order valence-corrected chi connectivity index (χ2v) is 2.59. The highest BCUT2D eigenvalue weighted by atomic mass is 16.5. The van der Waals surface area contributed by atoms with E-state index in [1.807, 2.05) is 19.1 Å². The molecule has 1 aromatic heterocycles. The monoisotopic (exact) mass is 168 g/mol. The van der Waals surface area contributed by atoms with E-state index in [1.165, 1.54) is 7.11 Å². The van der Waals surface area contributed by atoms with Gasteiger partial charge in [-0.2, -0.15) is 0 Å². The first kappa shape index (κ1) is 8.84. The van der Waals surface area contributed by atoms with Crippen LogP contribution < -0.4 is 0 Å². The van der Waals surface area contributed by atoms with Gasteiger partial charge in [0, 0.05) is 6.42 Å². The van der Waals surface area contributed by atoms with E-state index in [4.69, 9.17) is 4.42 Å². The van der Waals surface area contributed by atoms with E-state index in [-0.39, 0.29) is 5.97 Å². The average Bonchev–Trinajstić information content (AvgIpc) is 2.47. The minimum absolute atomic E-state index is 0.205. The maximum atomic E-state index is 10.7. The Labute approximate surface area is 71.3 Å². The van der Waals surface area contributed by atoms with E-state index in [9.17, 15) is 4.79 Å². The Morgan fingerprint density at radius 2 is 2.33 bits per heavy atom. The lowest BCUT2D eigenvalue weighted by Gasteiger charge is -1.95. The first-order valence-electron chi connectivity index (χ1n) is 3.84. The largest absolute Gasteiger partial charge is 0.469 e. The number of esters is 1. The van der Waals surface area contributed by atoms with Crippen LogP contribution in [0, 0.1) is 6.92 Å².